The topological polar surface area (TPSA) is 23.5 Å². The molecule has 0 aromatic heterocycles. The molecule has 1 saturated carbocycles. The molecule has 0 radical (unpaired) electrons. The predicted molar refractivity (Wildman–Crippen MR) is 72.0 cm³/mol. The summed E-state index contributed by atoms with van der Waals surface area (Å²) in [6.07, 6.45) is 7.58. The fourth-order valence-corrected chi connectivity index (χ4v) is 3.85. The zero-order valence-corrected chi connectivity index (χ0v) is 11.8. The fourth-order valence-electron chi connectivity index (χ4n) is 3.85. The van der Waals surface area contributed by atoms with Gasteiger partial charge < -0.3 is 10.0 Å². The summed E-state index contributed by atoms with van der Waals surface area (Å²) in [5.74, 6) is 0.505. The Morgan fingerprint density at radius 3 is 2.71 bits per heavy atom. The van der Waals surface area contributed by atoms with Crippen LogP contribution in [0.3, 0.4) is 0 Å². The molecule has 1 saturated heterocycles. The number of rotatable bonds is 3. The Bertz CT molecular complexity index is 251. The standard InChI is InChI=1S/C15H29NO/c1-4-13-8-6-10-16(13)11-12-7-5-9-15(2,3)14(12)17/h12-14,17H,4-11H2,1-3H3. The van der Waals surface area contributed by atoms with Crippen LogP contribution in [0.25, 0.3) is 0 Å². The number of hydrogen-bond donors (Lipinski definition) is 1. The van der Waals surface area contributed by atoms with E-state index in [9.17, 15) is 5.11 Å². The van der Waals surface area contributed by atoms with Crippen LogP contribution >= 0.6 is 0 Å². The third-order valence-electron chi connectivity index (χ3n) is 5.08. The zero-order chi connectivity index (χ0) is 12.5. The van der Waals surface area contributed by atoms with E-state index in [1.807, 2.05) is 0 Å². The first kappa shape index (κ1) is 13.4. The molecule has 1 heterocycles. The van der Waals surface area contributed by atoms with Gasteiger partial charge in [0.25, 0.3) is 0 Å². The first-order valence-corrected chi connectivity index (χ1v) is 7.46. The van der Waals surface area contributed by atoms with Crippen LogP contribution in [-0.2, 0) is 0 Å². The highest BCUT2D eigenvalue weighted by molar-refractivity contribution is 4.91. The molecule has 100 valence electrons. The maximum Gasteiger partial charge on any atom is 0.0631 e. The molecule has 1 aliphatic heterocycles. The van der Waals surface area contributed by atoms with Crippen molar-refractivity contribution in [3.8, 4) is 0 Å². The van der Waals surface area contributed by atoms with E-state index in [4.69, 9.17) is 0 Å². The Balaban J connectivity index is 1.94. The molecule has 2 nitrogen and oxygen atoms in total. The minimum atomic E-state index is -0.102. The minimum Gasteiger partial charge on any atom is -0.392 e. The molecule has 0 aromatic carbocycles. The Morgan fingerprint density at radius 1 is 1.24 bits per heavy atom. The van der Waals surface area contributed by atoms with Crippen molar-refractivity contribution in [3.63, 3.8) is 0 Å². The average Bonchev–Trinajstić information content (AvgIpc) is 2.72. The van der Waals surface area contributed by atoms with E-state index in [0.717, 1.165) is 12.6 Å². The summed E-state index contributed by atoms with van der Waals surface area (Å²) < 4.78 is 0. The molecule has 2 aliphatic rings. The molecule has 0 amide bonds. The van der Waals surface area contributed by atoms with Crippen LogP contribution in [-0.4, -0.2) is 35.2 Å². The summed E-state index contributed by atoms with van der Waals surface area (Å²) in [7, 11) is 0. The SMILES string of the molecule is CCC1CCCN1CC1CCCC(C)(C)C1O. The molecule has 1 N–H and O–H groups in total. The van der Waals surface area contributed by atoms with Crippen LogP contribution in [0, 0.1) is 11.3 Å². The number of likely N-dealkylation sites (tertiary alicyclic amines) is 1. The average molecular weight is 239 g/mol. The Labute approximate surface area is 106 Å². The molecule has 0 bridgehead atoms. The molecular weight excluding hydrogens is 210 g/mol. The molecule has 17 heavy (non-hydrogen) atoms. The van der Waals surface area contributed by atoms with Gasteiger partial charge >= 0.3 is 0 Å². The second-order valence-electron chi connectivity index (χ2n) is 6.78. The number of aliphatic hydroxyl groups is 1. The quantitative estimate of drug-likeness (QED) is 0.818. The zero-order valence-electron chi connectivity index (χ0n) is 11.8. The summed E-state index contributed by atoms with van der Waals surface area (Å²) in [5.41, 5.74) is 0.129. The van der Waals surface area contributed by atoms with Crippen molar-refractivity contribution in [2.45, 2.75) is 71.4 Å². The molecule has 2 rings (SSSR count). The van der Waals surface area contributed by atoms with Crippen molar-refractivity contribution in [1.29, 1.82) is 0 Å². The van der Waals surface area contributed by atoms with E-state index in [2.05, 4.69) is 25.7 Å². The van der Waals surface area contributed by atoms with Gasteiger partial charge in [-0.25, -0.2) is 0 Å². The van der Waals surface area contributed by atoms with E-state index in [1.54, 1.807) is 0 Å². The van der Waals surface area contributed by atoms with Crippen molar-refractivity contribution in [2.75, 3.05) is 13.1 Å². The van der Waals surface area contributed by atoms with Crippen LogP contribution in [0.15, 0.2) is 0 Å². The monoisotopic (exact) mass is 239 g/mol. The third-order valence-corrected chi connectivity index (χ3v) is 5.08. The first-order valence-electron chi connectivity index (χ1n) is 7.46. The fraction of sp³-hybridized carbons (Fsp3) is 1.00. The van der Waals surface area contributed by atoms with Gasteiger partial charge in [-0.05, 0) is 50.0 Å². The van der Waals surface area contributed by atoms with Crippen molar-refractivity contribution in [3.05, 3.63) is 0 Å². The van der Waals surface area contributed by atoms with Crippen LogP contribution < -0.4 is 0 Å². The largest absolute Gasteiger partial charge is 0.392 e. The van der Waals surface area contributed by atoms with Gasteiger partial charge in [0.15, 0.2) is 0 Å². The second kappa shape index (κ2) is 5.27. The molecule has 3 unspecified atom stereocenters. The summed E-state index contributed by atoms with van der Waals surface area (Å²) in [6.45, 7) is 9.13. The van der Waals surface area contributed by atoms with Gasteiger partial charge in [-0.1, -0.05) is 27.2 Å². The number of nitrogens with zero attached hydrogens (tertiary/aromatic N) is 1. The highest BCUT2D eigenvalue weighted by atomic mass is 16.3. The van der Waals surface area contributed by atoms with Gasteiger partial charge in [-0.15, -0.1) is 0 Å². The maximum absolute atomic E-state index is 10.5. The lowest BCUT2D eigenvalue weighted by Crippen LogP contribution is -2.46. The second-order valence-corrected chi connectivity index (χ2v) is 6.78. The van der Waals surface area contributed by atoms with Crippen LogP contribution in [0.5, 0.6) is 0 Å². The normalized spacial score (nSPS) is 38.5. The van der Waals surface area contributed by atoms with Crippen LogP contribution in [0.1, 0.15) is 59.3 Å². The Hall–Kier alpha value is -0.0800. The molecule has 0 aromatic rings. The van der Waals surface area contributed by atoms with E-state index >= 15 is 0 Å². The van der Waals surface area contributed by atoms with Gasteiger partial charge in [-0.2, -0.15) is 0 Å². The Kier molecular flexibility index (Phi) is 4.14. The van der Waals surface area contributed by atoms with Gasteiger partial charge in [0.2, 0.25) is 0 Å². The minimum absolute atomic E-state index is 0.102. The van der Waals surface area contributed by atoms with Gasteiger partial charge in [-0.3, -0.25) is 0 Å². The van der Waals surface area contributed by atoms with E-state index in [0.29, 0.717) is 5.92 Å². The van der Waals surface area contributed by atoms with Crippen LogP contribution in [0.2, 0.25) is 0 Å². The first-order chi connectivity index (χ1) is 8.04. The van der Waals surface area contributed by atoms with Gasteiger partial charge in [0, 0.05) is 12.6 Å². The van der Waals surface area contributed by atoms with Crippen molar-refractivity contribution in [2.24, 2.45) is 11.3 Å². The smallest absolute Gasteiger partial charge is 0.0631 e. The molecule has 1 aliphatic carbocycles. The van der Waals surface area contributed by atoms with E-state index < -0.39 is 0 Å². The Morgan fingerprint density at radius 2 is 2.00 bits per heavy atom. The number of aliphatic hydroxyl groups excluding tert-OH is 1. The van der Waals surface area contributed by atoms with Crippen molar-refractivity contribution < 1.29 is 5.11 Å². The summed E-state index contributed by atoms with van der Waals surface area (Å²) in [4.78, 5) is 2.63. The third kappa shape index (κ3) is 2.85. The van der Waals surface area contributed by atoms with E-state index in [1.165, 1.54) is 45.1 Å². The van der Waals surface area contributed by atoms with E-state index in [-0.39, 0.29) is 11.5 Å². The lowest BCUT2D eigenvalue weighted by molar-refractivity contribution is -0.0441. The molecule has 2 fully saturated rings. The lowest BCUT2D eigenvalue weighted by Gasteiger charge is -2.42. The summed E-state index contributed by atoms with van der Waals surface area (Å²) in [5, 5.41) is 10.5. The summed E-state index contributed by atoms with van der Waals surface area (Å²) in [6, 6.07) is 0.784. The molecular formula is C15H29NO. The van der Waals surface area contributed by atoms with Gasteiger partial charge in [0.1, 0.15) is 0 Å². The van der Waals surface area contributed by atoms with Crippen molar-refractivity contribution >= 4 is 0 Å². The lowest BCUT2D eigenvalue weighted by atomic mass is 9.69. The maximum atomic E-state index is 10.5. The van der Waals surface area contributed by atoms with Crippen molar-refractivity contribution in [1.82, 2.24) is 4.90 Å². The summed E-state index contributed by atoms with van der Waals surface area (Å²) >= 11 is 0. The van der Waals surface area contributed by atoms with Crippen LogP contribution in [0.4, 0.5) is 0 Å². The highest BCUT2D eigenvalue weighted by Gasteiger charge is 2.39. The molecule has 2 heteroatoms. The highest BCUT2D eigenvalue weighted by Crippen LogP contribution is 2.39. The predicted octanol–water partition coefficient (Wildman–Crippen LogP) is 3.05. The molecule has 0 spiro atoms. The number of hydrogen-bond acceptors (Lipinski definition) is 2. The van der Waals surface area contributed by atoms with Gasteiger partial charge in [0.05, 0.1) is 6.10 Å². The molecule has 3 atom stereocenters.